The van der Waals surface area contributed by atoms with Crippen LogP contribution in [0.5, 0.6) is 5.75 Å². The van der Waals surface area contributed by atoms with Crippen LogP contribution in [0.2, 0.25) is 0 Å². The largest absolute Gasteiger partial charge is 0.493 e. The first-order valence-electron chi connectivity index (χ1n) is 7.16. The van der Waals surface area contributed by atoms with Gasteiger partial charge in [0, 0.05) is 12.5 Å². The minimum atomic E-state index is -0.117. The van der Waals surface area contributed by atoms with E-state index in [1.165, 1.54) is 0 Å². The van der Waals surface area contributed by atoms with E-state index in [1.807, 2.05) is 38.1 Å². The number of nitrogens with two attached hydrogens (primary N) is 1. The molecule has 0 saturated heterocycles. The molecule has 0 saturated carbocycles. The van der Waals surface area contributed by atoms with Crippen molar-refractivity contribution in [3.63, 3.8) is 0 Å². The summed E-state index contributed by atoms with van der Waals surface area (Å²) in [5.74, 6) is 1.34. The first-order chi connectivity index (χ1) is 9.38. The summed E-state index contributed by atoms with van der Waals surface area (Å²) in [7, 11) is 0. The van der Waals surface area contributed by atoms with Gasteiger partial charge in [0.05, 0.1) is 12.6 Å². The number of benzene rings is 1. The van der Waals surface area contributed by atoms with Crippen LogP contribution >= 0.6 is 12.4 Å². The predicted octanol–water partition coefficient (Wildman–Crippen LogP) is 3.06. The molecule has 0 spiro atoms. The number of hydrogen-bond acceptors (Lipinski definition) is 3. The van der Waals surface area contributed by atoms with Gasteiger partial charge in [-0.1, -0.05) is 26.0 Å². The number of halogens is 1. The Labute approximate surface area is 133 Å². The third kappa shape index (κ3) is 7.93. The van der Waals surface area contributed by atoms with Crippen molar-refractivity contribution in [3.05, 3.63) is 29.8 Å². The van der Waals surface area contributed by atoms with E-state index >= 15 is 0 Å². The Morgan fingerprint density at radius 2 is 1.76 bits per heavy atom. The van der Waals surface area contributed by atoms with Crippen molar-refractivity contribution in [2.24, 2.45) is 11.7 Å². The average molecular weight is 315 g/mol. The molecule has 2 unspecified atom stereocenters. The standard InChI is InChI=1S/C16H26N2O2.ClH/c1-11(2)10-20-15-7-5-14(6-8-15)13(4)18-16(19)9-12(3)17;/h5-8,11-13H,9-10,17H2,1-4H3,(H,18,19);1H. The molecular formula is C16H27ClN2O2. The zero-order chi connectivity index (χ0) is 15.1. The minimum absolute atomic E-state index is 0. The second-order valence-corrected chi connectivity index (χ2v) is 5.74. The van der Waals surface area contributed by atoms with E-state index in [1.54, 1.807) is 0 Å². The molecule has 21 heavy (non-hydrogen) atoms. The number of carbonyl (C=O) groups excluding carboxylic acids is 1. The molecule has 0 aliphatic rings. The Morgan fingerprint density at radius 1 is 1.19 bits per heavy atom. The Balaban J connectivity index is 0.00000400. The third-order valence-electron chi connectivity index (χ3n) is 2.85. The van der Waals surface area contributed by atoms with Crippen LogP contribution < -0.4 is 15.8 Å². The molecule has 0 aliphatic carbocycles. The van der Waals surface area contributed by atoms with Crippen LogP contribution in [0.15, 0.2) is 24.3 Å². The lowest BCUT2D eigenvalue weighted by Crippen LogP contribution is -2.31. The first kappa shape index (κ1) is 19.7. The zero-order valence-corrected chi connectivity index (χ0v) is 14.1. The second-order valence-electron chi connectivity index (χ2n) is 5.74. The van der Waals surface area contributed by atoms with Crippen molar-refractivity contribution in [1.82, 2.24) is 5.32 Å². The van der Waals surface area contributed by atoms with Crippen LogP contribution in [0.1, 0.15) is 45.7 Å². The number of ether oxygens (including phenoxy) is 1. The molecule has 0 fully saturated rings. The smallest absolute Gasteiger partial charge is 0.222 e. The van der Waals surface area contributed by atoms with E-state index in [9.17, 15) is 4.79 Å². The molecule has 120 valence electrons. The number of nitrogens with one attached hydrogen (secondary N) is 1. The lowest BCUT2D eigenvalue weighted by molar-refractivity contribution is -0.122. The molecule has 0 heterocycles. The van der Waals surface area contributed by atoms with E-state index in [0.717, 1.165) is 11.3 Å². The molecular weight excluding hydrogens is 288 g/mol. The van der Waals surface area contributed by atoms with Crippen LogP contribution in [0.3, 0.4) is 0 Å². The Hall–Kier alpha value is -1.26. The van der Waals surface area contributed by atoms with Gasteiger partial charge in [0.1, 0.15) is 5.75 Å². The minimum Gasteiger partial charge on any atom is -0.493 e. The highest BCUT2D eigenvalue weighted by atomic mass is 35.5. The number of amides is 1. The lowest BCUT2D eigenvalue weighted by atomic mass is 10.1. The molecule has 0 radical (unpaired) electrons. The van der Waals surface area contributed by atoms with Crippen LogP contribution in [0.4, 0.5) is 0 Å². The number of hydrogen-bond donors (Lipinski definition) is 2. The summed E-state index contributed by atoms with van der Waals surface area (Å²) in [6.07, 6.45) is 0.347. The molecule has 1 amide bonds. The third-order valence-corrected chi connectivity index (χ3v) is 2.85. The molecule has 1 rings (SSSR count). The summed E-state index contributed by atoms with van der Waals surface area (Å²) in [4.78, 5) is 11.7. The monoisotopic (exact) mass is 314 g/mol. The topological polar surface area (TPSA) is 64.3 Å². The van der Waals surface area contributed by atoms with E-state index in [2.05, 4.69) is 19.2 Å². The highest BCUT2D eigenvalue weighted by molar-refractivity contribution is 5.85. The van der Waals surface area contributed by atoms with Gasteiger partial charge in [-0.15, -0.1) is 12.4 Å². The highest BCUT2D eigenvalue weighted by Crippen LogP contribution is 2.18. The molecule has 0 bridgehead atoms. The second kappa shape index (κ2) is 9.64. The fourth-order valence-corrected chi connectivity index (χ4v) is 1.79. The fourth-order valence-electron chi connectivity index (χ4n) is 1.79. The van der Waals surface area contributed by atoms with Crippen molar-refractivity contribution in [2.75, 3.05) is 6.61 Å². The molecule has 1 aromatic rings. The van der Waals surface area contributed by atoms with Gasteiger partial charge in [-0.05, 0) is 37.5 Å². The van der Waals surface area contributed by atoms with Crippen LogP contribution in [0.25, 0.3) is 0 Å². The summed E-state index contributed by atoms with van der Waals surface area (Å²) in [5.41, 5.74) is 6.66. The maximum absolute atomic E-state index is 11.7. The van der Waals surface area contributed by atoms with Gasteiger partial charge in [0.2, 0.25) is 5.91 Å². The molecule has 0 aliphatic heterocycles. The fraction of sp³-hybridized carbons (Fsp3) is 0.562. The van der Waals surface area contributed by atoms with Gasteiger partial charge in [-0.2, -0.15) is 0 Å². The SMILES string of the molecule is CC(C)COc1ccc(C(C)NC(=O)CC(C)N)cc1.Cl. The normalized spacial score (nSPS) is 13.2. The maximum atomic E-state index is 11.7. The van der Waals surface area contributed by atoms with E-state index in [4.69, 9.17) is 10.5 Å². The van der Waals surface area contributed by atoms with Crippen LogP contribution in [-0.4, -0.2) is 18.6 Å². The van der Waals surface area contributed by atoms with E-state index in [-0.39, 0.29) is 30.4 Å². The lowest BCUT2D eigenvalue weighted by Gasteiger charge is -2.16. The van der Waals surface area contributed by atoms with Crippen molar-refractivity contribution in [1.29, 1.82) is 0 Å². The van der Waals surface area contributed by atoms with E-state index in [0.29, 0.717) is 18.9 Å². The number of rotatable bonds is 7. The van der Waals surface area contributed by atoms with Crippen LogP contribution in [0, 0.1) is 5.92 Å². The summed E-state index contributed by atoms with van der Waals surface area (Å²) >= 11 is 0. The Morgan fingerprint density at radius 3 is 2.24 bits per heavy atom. The zero-order valence-electron chi connectivity index (χ0n) is 13.3. The van der Waals surface area contributed by atoms with Crippen molar-refractivity contribution >= 4 is 18.3 Å². The summed E-state index contributed by atoms with van der Waals surface area (Å²) in [6, 6.07) is 7.69. The summed E-state index contributed by atoms with van der Waals surface area (Å²) in [6.45, 7) is 8.73. The van der Waals surface area contributed by atoms with Crippen molar-refractivity contribution in [3.8, 4) is 5.75 Å². The quantitative estimate of drug-likeness (QED) is 0.813. The van der Waals surface area contributed by atoms with Gasteiger partial charge in [0.25, 0.3) is 0 Å². The molecule has 5 heteroatoms. The Bertz CT molecular complexity index is 419. The molecule has 0 aromatic heterocycles. The maximum Gasteiger partial charge on any atom is 0.222 e. The first-order valence-corrected chi connectivity index (χ1v) is 7.16. The van der Waals surface area contributed by atoms with Gasteiger partial charge in [-0.3, -0.25) is 4.79 Å². The van der Waals surface area contributed by atoms with Crippen molar-refractivity contribution < 1.29 is 9.53 Å². The van der Waals surface area contributed by atoms with Crippen molar-refractivity contribution in [2.45, 2.75) is 46.2 Å². The Kier molecular flexibility index (Phi) is 9.06. The molecule has 2 atom stereocenters. The average Bonchev–Trinajstić information content (AvgIpc) is 2.35. The summed E-state index contributed by atoms with van der Waals surface area (Å²) < 4.78 is 5.63. The van der Waals surface area contributed by atoms with Gasteiger partial charge in [0.15, 0.2) is 0 Å². The number of carbonyl (C=O) groups is 1. The summed E-state index contributed by atoms with van der Waals surface area (Å²) in [5, 5.41) is 2.94. The van der Waals surface area contributed by atoms with Crippen LogP contribution in [-0.2, 0) is 4.79 Å². The van der Waals surface area contributed by atoms with Gasteiger partial charge >= 0.3 is 0 Å². The molecule has 4 nitrogen and oxygen atoms in total. The van der Waals surface area contributed by atoms with E-state index < -0.39 is 0 Å². The molecule has 3 N–H and O–H groups in total. The van der Waals surface area contributed by atoms with Gasteiger partial charge in [-0.25, -0.2) is 0 Å². The van der Waals surface area contributed by atoms with Gasteiger partial charge < -0.3 is 15.8 Å². The molecule has 1 aromatic carbocycles. The predicted molar refractivity (Wildman–Crippen MR) is 88.8 cm³/mol. The highest BCUT2D eigenvalue weighted by Gasteiger charge is 2.11.